The molecule has 0 unspecified atom stereocenters. The van der Waals surface area contributed by atoms with Crippen LogP contribution in [0.25, 0.3) is 0 Å². The number of anilines is 1. The molecule has 0 saturated heterocycles. The van der Waals surface area contributed by atoms with E-state index in [9.17, 15) is 9.82 Å². The van der Waals surface area contributed by atoms with Crippen molar-refractivity contribution >= 4 is 46.9 Å². The van der Waals surface area contributed by atoms with Crippen LogP contribution in [-0.2, 0) is 11.3 Å². The molecule has 1 aromatic carbocycles. The minimum absolute atomic E-state index is 0.0669. The Kier molecular flexibility index (Phi) is 4.52. The second-order valence-electron chi connectivity index (χ2n) is 3.65. The number of carbonyl (C=O) groups is 1. The highest BCUT2D eigenvalue weighted by Gasteiger charge is 2.31. The molecular weight excluding hydrogens is 276 g/mol. The summed E-state index contributed by atoms with van der Waals surface area (Å²) in [5, 5.41) is 20.8. The van der Waals surface area contributed by atoms with Gasteiger partial charge < -0.3 is 20.1 Å². The molecule has 18 heavy (non-hydrogen) atoms. The van der Waals surface area contributed by atoms with Crippen LogP contribution < -0.4 is 10.8 Å². The van der Waals surface area contributed by atoms with E-state index in [1.165, 1.54) is 0 Å². The van der Waals surface area contributed by atoms with Crippen LogP contribution in [-0.4, -0.2) is 34.8 Å². The van der Waals surface area contributed by atoms with Crippen molar-refractivity contribution in [3.8, 4) is 0 Å². The largest absolute Gasteiger partial charge is 0.493 e. The Morgan fingerprint density at radius 2 is 2.39 bits per heavy atom. The lowest BCUT2D eigenvalue weighted by molar-refractivity contribution is 0.269. The molecular formula is C10H11BClNO4S. The van der Waals surface area contributed by atoms with Crippen LogP contribution >= 0.6 is 23.4 Å². The van der Waals surface area contributed by atoms with E-state index in [4.69, 9.17) is 21.4 Å². The van der Waals surface area contributed by atoms with Gasteiger partial charge in [0.2, 0.25) is 0 Å². The van der Waals surface area contributed by atoms with E-state index >= 15 is 0 Å². The maximum Gasteiger partial charge on any atom is 0.493 e. The Balaban J connectivity index is 2.15. The van der Waals surface area contributed by atoms with E-state index in [2.05, 4.69) is 5.32 Å². The first-order valence-electron chi connectivity index (χ1n) is 5.29. The first-order valence-corrected chi connectivity index (χ1v) is 6.65. The smallest absolute Gasteiger partial charge is 0.423 e. The molecule has 1 aliphatic heterocycles. The number of benzene rings is 1. The lowest BCUT2D eigenvalue weighted by atomic mass is 9.79. The van der Waals surface area contributed by atoms with Crippen LogP contribution in [0.4, 0.5) is 10.5 Å². The van der Waals surface area contributed by atoms with Crippen LogP contribution in [0.5, 0.6) is 0 Å². The Morgan fingerprint density at radius 3 is 3.11 bits per heavy atom. The highest BCUT2D eigenvalue weighted by molar-refractivity contribution is 8.13. The van der Waals surface area contributed by atoms with Gasteiger partial charge >= 0.3 is 7.12 Å². The molecule has 0 radical (unpaired) electrons. The fraction of sp³-hybridized carbons (Fsp3) is 0.300. The molecule has 2 rings (SSSR count). The maximum absolute atomic E-state index is 11.5. The Hall–Kier alpha value is -0.725. The molecule has 0 aromatic heterocycles. The number of fused-ring (bicyclic) bond motifs is 1. The lowest BCUT2D eigenvalue weighted by Crippen LogP contribution is -2.29. The van der Waals surface area contributed by atoms with Gasteiger partial charge in [-0.3, -0.25) is 4.79 Å². The van der Waals surface area contributed by atoms with Crippen molar-refractivity contribution in [3.05, 3.63) is 22.7 Å². The van der Waals surface area contributed by atoms with Crippen LogP contribution in [0.2, 0.25) is 5.02 Å². The molecule has 0 fully saturated rings. The summed E-state index contributed by atoms with van der Waals surface area (Å²) in [5.74, 6) is 0.320. The number of amides is 1. The fourth-order valence-electron chi connectivity index (χ4n) is 1.66. The summed E-state index contributed by atoms with van der Waals surface area (Å²) in [7, 11) is -1.05. The SMILES string of the molecule is O=C(Nc1ccc2c(c1Cl)B(O)OC2)SCCO. The number of halogens is 1. The van der Waals surface area contributed by atoms with Gasteiger partial charge in [0.1, 0.15) is 0 Å². The molecule has 96 valence electrons. The van der Waals surface area contributed by atoms with E-state index in [0.29, 0.717) is 23.5 Å². The van der Waals surface area contributed by atoms with Crippen molar-refractivity contribution in [2.24, 2.45) is 0 Å². The van der Waals surface area contributed by atoms with Gasteiger partial charge in [0.25, 0.3) is 5.24 Å². The molecule has 8 heteroatoms. The normalized spacial score (nSPS) is 13.6. The third-order valence-corrected chi connectivity index (χ3v) is 3.63. The third-order valence-electron chi connectivity index (χ3n) is 2.47. The lowest BCUT2D eigenvalue weighted by Gasteiger charge is -2.10. The van der Waals surface area contributed by atoms with E-state index in [1.54, 1.807) is 12.1 Å². The second kappa shape index (κ2) is 5.94. The van der Waals surface area contributed by atoms with Crippen molar-refractivity contribution in [1.82, 2.24) is 0 Å². The minimum Gasteiger partial charge on any atom is -0.423 e. The van der Waals surface area contributed by atoms with Gasteiger partial charge in [-0.2, -0.15) is 0 Å². The van der Waals surface area contributed by atoms with Gasteiger partial charge in [-0.15, -0.1) is 0 Å². The van der Waals surface area contributed by atoms with E-state index < -0.39 is 7.12 Å². The fourth-order valence-corrected chi connectivity index (χ4v) is 2.44. The molecule has 0 aliphatic carbocycles. The van der Waals surface area contributed by atoms with Gasteiger partial charge in [-0.25, -0.2) is 0 Å². The maximum atomic E-state index is 11.5. The molecule has 5 nitrogen and oxygen atoms in total. The molecule has 1 aliphatic rings. The summed E-state index contributed by atoms with van der Waals surface area (Å²) in [6, 6.07) is 3.42. The molecule has 0 atom stereocenters. The third kappa shape index (κ3) is 2.81. The molecule has 1 heterocycles. The molecule has 0 saturated carbocycles. The van der Waals surface area contributed by atoms with Crippen molar-refractivity contribution in [2.75, 3.05) is 17.7 Å². The Morgan fingerprint density at radius 1 is 1.61 bits per heavy atom. The van der Waals surface area contributed by atoms with Gasteiger partial charge in [0.05, 0.1) is 23.9 Å². The van der Waals surface area contributed by atoms with Crippen molar-refractivity contribution < 1.29 is 19.6 Å². The summed E-state index contributed by atoms with van der Waals surface area (Å²) < 4.78 is 5.05. The number of nitrogens with one attached hydrogen (secondary N) is 1. The topological polar surface area (TPSA) is 78.8 Å². The highest BCUT2D eigenvalue weighted by atomic mass is 35.5. The Labute approximate surface area is 114 Å². The molecule has 0 spiro atoms. The number of hydrogen-bond donors (Lipinski definition) is 3. The van der Waals surface area contributed by atoms with E-state index in [-0.39, 0.29) is 16.9 Å². The highest BCUT2D eigenvalue weighted by Crippen LogP contribution is 2.26. The zero-order valence-corrected chi connectivity index (χ0v) is 10.9. The molecule has 1 aromatic rings. The summed E-state index contributed by atoms with van der Waals surface area (Å²) in [6.07, 6.45) is 0. The monoisotopic (exact) mass is 287 g/mol. The quantitative estimate of drug-likeness (QED) is 0.717. The molecule has 3 N–H and O–H groups in total. The van der Waals surface area contributed by atoms with E-state index in [1.807, 2.05) is 0 Å². The number of hydrogen-bond acceptors (Lipinski definition) is 5. The average molecular weight is 288 g/mol. The zero-order valence-electron chi connectivity index (χ0n) is 9.35. The second-order valence-corrected chi connectivity index (χ2v) is 5.09. The van der Waals surface area contributed by atoms with Gasteiger partial charge in [0, 0.05) is 11.2 Å². The van der Waals surface area contributed by atoms with Crippen LogP contribution in [0.1, 0.15) is 5.56 Å². The number of aliphatic hydroxyl groups excluding tert-OH is 1. The summed E-state index contributed by atoms with van der Waals surface area (Å²) in [5.41, 5.74) is 1.74. The Bertz CT molecular complexity index is 473. The molecule has 1 amide bonds. The number of rotatable bonds is 3. The minimum atomic E-state index is -1.05. The standard InChI is InChI=1S/C10H11BClNO4S/c12-9-7(13-10(15)18-4-3-14)2-1-6-5-17-11(16)8(6)9/h1-2,14,16H,3-5H2,(H,13,15). The van der Waals surface area contributed by atoms with Crippen molar-refractivity contribution in [2.45, 2.75) is 6.61 Å². The summed E-state index contributed by atoms with van der Waals surface area (Å²) in [6.45, 7) is 0.242. The van der Waals surface area contributed by atoms with Crippen LogP contribution in [0, 0.1) is 0 Å². The molecule has 0 bridgehead atoms. The van der Waals surface area contributed by atoms with Crippen molar-refractivity contribution in [1.29, 1.82) is 0 Å². The predicted molar refractivity (Wildman–Crippen MR) is 72.4 cm³/mol. The van der Waals surface area contributed by atoms with Crippen LogP contribution in [0.15, 0.2) is 12.1 Å². The number of thioether (sulfide) groups is 1. The van der Waals surface area contributed by atoms with Crippen molar-refractivity contribution in [3.63, 3.8) is 0 Å². The predicted octanol–water partition coefficient (Wildman–Crippen LogP) is 0.815. The summed E-state index contributed by atoms with van der Waals surface area (Å²) in [4.78, 5) is 11.5. The average Bonchev–Trinajstić information content (AvgIpc) is 2.73. The van der Waals surface area contributed by atoms with Crippen LogP contribution in [0.3, 0.4) is 0 Å². The van der Waals surface area contributed by atoms with Gasteiger partial charge in [-0.1, -0.05) is 29.4 Å². The zero-order chi connectivity index (χ0) is 13.1. The number of carbonyl (C=O) groups excluding carboxylic acids is 1. The summed E-state index contributed by atoms with van der Waals surface area (Å²) >= 11 is 7.08. The van der Waals surface area contributed by atoms with E-state index in [0.717, 1.165) is 17.3 Å². The first-order chi connectivity index (χ1) is 8.63. The van der Waals surface area contributed by atoms with Gasteiger partial charge in [-0.05, 0) is 11.6 Å². The van der Waals surface area contributed by atoms with Gasteiger partial charge in [0.15, 0.2) is 0 Å². The first kappa shape index (κ1) is 13.7. The number of aliphatic hydroxyl groups is 1.